The molecule has 98 valence electrons. The molecule has 0 heterocycles. The summed E-state index contributed by atoms with van der Waals surface area (Å²) in [7, 11) is 0. The lowest BCUT2D eigenvalue weighted by Crippen LogP contribution is -2.12. The minimum Gasteiger partial charge on any atom is -0.506 e. The number of amides is 1. The van der Waals surface area contributed by atoms with E-state index in [2.05, 4.69) is 5.32 Å². The van der Waals surface area contributed by atoms with E-state index >= 15 is 0 Å². The smallest absolute Gasteiger partial charge is 0.255 e. The van der Waals surface area contributed by atoms with Crippen LogP contribution in [0.15, 0.2) is 36.4 Å². The molecule has 0 aliphatic carbocycles. The van der Waals surface area contributed by atoms with Crippen molar-refractivity contribution in [2.24, 2.45) is 0 Å². The summed E-state index contributed by atoms with van der Waals surface area (Å²) in [5.41, 5.74) is 1.66. The number of nitrogens with one attached hydrogen (secondary N) is 1. The van der Waals surface area contributed by atoms with E-state index in [1.807, 2.05) is 6.92 Å². The largest absolute Gasteiger partial charge is 0.506 e. The van der Waals surface area contributed by atoms with Crippen molar-refractivity contribution in [2.45, 2.75) is 6.92 Å². The first-order valence-corrected chi connectivity index (χ1v) is 6.29. The molecule has 5 heteroatoms. The lowest BCUT2D eigenvalue weighted by Gasteiger charge is -2.08. The molecule has 0 spiro atoms. The summed E-state index contributed by atoms with van der Waals surface area (Å²) in [6.45, 7) is 1.87. The van der Waals surface area contributed by atoms with Crippen LogP contribution in [0.2, 0.25) is 10.0 Å². The van der Waals surface area contributed by atoms with Gasteiger partial charge in [-0.3, -0.25) is 4.79 Å². The fourth-order valence-electron chi connectivity index (χ4n) is 1.58. The van der Waals surface area contributed by atoms with Gasteiger partial charge in [0.25, 0.3) is 5.91 Å². The quantitative estimate of drug-likeness (QED) is 0.813. The van der Waals surface area contributed by atoms with Crippen LogP contribution in [0.3, 0.4) is 0 Å². The van der Waals surface area contributed by atoms with Crippen molar-refractivity contribution in [3.8, 4) is 5.75 Å². The molecule has 0 atom stereocenters. The van der Waals surface area contributed by atoms with Crippen molar-refractivity contribution in [3.05, 3.63) is 57.6 Å². The van der Waals surface area contributed by atoms with Crippen LogP contribution in [-0.2, 0) is 0 Å². The highest BCUT2D eigenvalue weighted by molar-refractivity contribution is 6.42. The summed E-state index contributed by atoms with van der Waals surface area (Å²) in [4.78, 5) is 12.0. The highest BCUT2D eigenvalue weighted by Crippen LogP contribution is 2.26. The number of phenols is 1. The number of phenolic OH excluding ortho intramolecular Hbond substituents is 1. The van der Waals surface area contributed by atoms with Crippen LogP contribution in [0.4, 0.5) is 5.69 Å². The van der Waals surface area contributed by atoms with E-state index in [1.54, 1.807) is 24.3 Å². The van der Waals surface area contributed by atoms with Gasteiger partial charge < -0.3 is 10.4 Å². The standard InChI is InChI=1S/C14H11Cl2NO2/c1-8-2-5-13(18)12(6-8)17-14(19)9-3-4-10(15)11(16)7-9/h2-7,18H,1H3,(H,17,19). The molecule has 0 radical (unpaired) electrons. The zero-order valence-electron chi connectivity index (χ0n) is 10.1. The van der Waals surface area contributed by atoms with Crippen LogP contribution in [0.1, 0.15) is 15.9 Å². The maximum atomic E-state index is 12.0. The highest BCUT2D eigenvalue weighted by Gasteiger charge is 2.10. The van der Waals surface area contributed by atoms with Gasteiger partial charge in [-0.2, -0.15) is 0 Å². The summed E-state index contributed by atoms with van der Waals surface area (Å²) < 4.78 is 0. The van der Waals surface area contributed by atoms with Gasteiger partial charge in [-0.15, -0.1) is 0 Å². The number of hydrogen-bond acceptors (Lipinski definition) is 2. The van der Waals surface area contributed by atoms with Crippen LogP contribution in [0.25, 0.3) is 0 Å². The minimum atomic E-state index is -0.362. The van der Waals surface area contributed by atoms with E-state index in [4.69, 9.17) is 23.2 Å². The molecular weight excluding hydrogens is 285 g/mol. The summed E-state index contributed by atoms with van der Waals surface area (Å²) in [5, 5.41) is 13.0. The molecule has 19 heavy (non-hydrogen) atoms. The molecule has 0 saturated heterocycles. The molecule has 0 saturated carbocycles. The van der Waals surface area contributed by atoms with E-state index in [0.717, 1.165) is 5.56 Å². The molecule has 2 rings (SSSR count). The Bertz CT molecular complexity index is 641. The Labute approximate surface area is 120 Å². The van der Waals surface area contributed by atoms with Gasteiger partial charge in [0.15, 0.2) is 0 Å². The molecule has 1 amide bonds. The lowest BCUT2D eigenvalue weighted by molar-refractivity contribution is 0.102. The van der Waals surface area contributed by atoms with Gasteiger partial charge in [0.05, 0.1) is 15.7 Å². The fraction of sp³-hybridized carbons (Fsp3) is 0.0714. The van der Waals surface area contributed by atoms with Gasteiger partial charge >= 0.3 is 0 Å². The van der Waals surface area contributed by atoms with Crippen LogP contribution in [0.5, 0.6) is 5.75 Å². The maximum Gasteiger partial charge on any atom is 0.255 e. The average Bonchev–Trinajstić information content (AvgIpc) is 2.37. The molecular formula is C14H11Cl2NO2. The van der Waals surface area contributed by atoms with Crippen LogP contribution in [-0.4, -0.2) is 11.0 Å². The third-order valence-corrected chi connectivity index (χ3v) is 3.32. The first-order valence-electron chi connectivity index (χ1n) is 5.53. The van der Waals surface area contributed by atoms with E-state index in [1.165, 1.54) is 12.1 Å². The van der Waals surface area contributed by atoms with Crippen LogP contribution >= 0.6 is 23.2 Å². The van der Waals surface area contributed by atoms with Gasteiger partial charge in [0.2, 0.25) is 0 Å². The van der Waals surface area contributed by atoms with E-state index in [-0.39, 0.29) is 11.7 Å². The number of aromatic hydroxyl groups is 1. The number of carbonyl (C=O) groups is 1. The monoisotopic (exact) mass is 295 g/mol. The summed E-state index contributed by atoms with van der Waals surface area (Å²) in [6.07, 6.45) is 0. The second kappa shape index (κ2) is 5.51. The van der Waals surface area contributed by atoms with Crippen LogP contribution in [0, 0.1) is 6.92 Å². The summed E-state index contributed by atoms with van der Waals surface area (Å²) >= 11 is 11.6. The lowest BCUT2D eigenvalue weighted by atomic mass is 10.1. The Morgan fingerprint density at radius 3 is 2.53 bits per heavy atom. The SMILES string of the molecule is Cc1ccc(O)c(NC(=O)c2ccc(Cl)c(Cl)c2)c1. The first kappa shape index (κ1) is 13.7. The van der Waals surface area contributed by atoms with Gasteiger partial charge in [0.1, 0.15) is 5.75 Å². The topological polar surface area (TPSA) is 49.3 Å². The van der Waals surface area contributed by atoms with E-state index < -0.39 is 0 Å². The number of aryl methyl sites for hydroxylation is 1. The molecule has 0 aliphatic heterocycles. The van der Waals surface area contributed by atoms with Crippen molar-refractivity contribution in [2.75, 3.05) is 5.32 Å². The third-order valence-electron chi connectivity index (χ3n) is 2.58. The molecule has 0 aromatic heterocycles. The number of rotatable bonds is 2. The molecule has 0 fully saturated rings. The summed E-state index contributed by atoms with van der Waals surface area (Å²) in [6, 6.07) is 9.56. The second-order valence-electron chi connectivity index (χ2n) is 4.10. The summed E-state index contributed by atoms with van der Waals surface area (Å²) in [5.74, 6) is -0.349. The zero-order valence-corrected chi connectivity index (χ0v) is 11.6. The van der Waals surface area contributed by atoms with E-state index in [9.17, 15) is 9.90 Å². The van der Waals surface area contributed by atoms with Crippen molar-refractivity contribution < 1.29 is 9.90 Å². The highest BCUT2D eigenvalue weighted by atomic mass is 35.5. The molecule has 3 nitrogen and oxygen atoms in total. The molecule has 2 N–H and O–H groups in total. The number of benzene rings is 2. The van der Waals surface area contributed by atoms with Crippen molar-refractivity contribution in [1.29, 1.82) is 0 Å². The Hall–Kier alpha value is -1.71. The van der Waals surface area contributed by atoms with Crippen molar-refractivity contribution >= 4 is 34.8 Å². The van der Waals surface area contributed by atoms with Crippen molar-refractivity contribution in [3.63, 3.8) is 0 Å². The van der Waals surface area contributed by atoms with Gasteiger partial charge in [-0.25, -0.2) is 0 Å². The first-order chi connectivity index (χ1) is 8.97. The molecule has 0 unspecified atom stereocenters. The van der Waals surface area contributed by atoms with Gasteiger partial charge in [0, 0.05) is 5.56 Å². The molecule has 0 bridgehead atoms. The van der Waals surface area contributed by atoms with Gasteiger partial charge in [-0.05, 0) is 42.8 Å². The fourth-order valence-corrected chi connectivity index (χ4v) is 1.88. The minimum absolute atomic E-state index is 0.0130. The number of anilines is 1. The van der Waals surface area contributed by atoms with E-state index in [0.29, 0.717) is 21.3 Å². The normalized spacial score (nSPS) is 10.3. The average molecular weight is 296 g/mol. The Morgan fingerprint density at radius 1 is 1.11 bits per heavy atom. The second-order valence-corrected chi connectivity index (χ2v) is 4.92. The van der Waals surface area contributed by atoms with Crippen molar-refractivity contribution in [1.82, 2.24) is 0 Å². The Balaban J connectivity index is 2.25. The number of carbonyl (C=O) groups excluding carboxylic acids is 1. The number of halogens is 2. The Kier molecular flexibility index (Phi) is 3.98. The molecule has 0 aliphatic rings. The Morgan fingerprint density at radius 2 is 1.84 bits per heavy atom. The predicted octanol–water partition coefficient (Wildman–Crippen LogP) is 4.26. The molecule has 2 aromatic rings. The molecule has 2 aromatic carbocycles. The van der Waals surface area contributed by atoms with Gasteiger partial charge in [-0.1, -0.05) is 29.3 Å². The maximum absolute atomic E-state index is 12.0. The zero-order chi connectivity index (χ0) is 14.0. The van der Waals surface area contributed by atoms with Crippen LogP contribution < -0.4 is 5.32 Å². The number of hydrogen-bond donors (Lipinski definition) is 2. The third kappa shape index (κ3) is 3.19. The predicted molar refractivity (Wildman–Crippen MR) is 77.3 cm³/mol.